The van der Waals surface area contributed by atoms with Gasteiger partial charge in [0.2, 0.25) is 15.9 Å². The molecule has 1 fully saturated rings. The number of amides is 1. The molecule has 0 saturated carbocycles. The van der Waals surface area contributed by atoms with Crippen molar-refractivity contribution in [3.63, 3.8) is 0 Å². The lowest BCUT2D eigenvalue weighted by atomic mass is 9.79. The number of rotatable bonds is 8. The molecular formula is C13H28ClN3O4S. The predicted octanol–water partition coefficient (Wildman–Crippen LogP) is -0.0485. The van der Waals surface area contributed by atoms with E-state index in [9.17, 15) is 13.2 Å². The van der Waals surface area contributed by atoms with Crippen molar-refractivity contribution in [1.82, 2.24) is 9.62 Å². The molecule has 1 aliphatic heterocycles. The second-order valence-corrected chi connectivity index (χ2v) is 7.34. The van der Waals surface area contributed by atoms with Crippen molar-refractivity contribution < 1.29 is 17.9 Å². The van der Waals surface area contributed by atoms with Crippen LogP contribution < -0.4 is 11.1 Å². The Hall–Kier alpha value is -0.410. The third-order valence-corrected chi connectivity index (χ3v) is 6.09. The Bertz CT molecular complexity index is 435. The number of nitrogens with one attached hydrogen (secondary N) is 1. The van der Waals surface area contributed by atoms with Crippen LogP contribution in [-0.2, 0) is 19.6 Å². The molecule has 1 aliphatic rings. The van der Waals surface area contributed by atoms with Gasteiger partial charge >= 0.3 is 0 Å². The monoisotopic (exact) mass is 357 g/mol. The van der Waals surface area contributed by atoms with Crippen molar-refractivity contribution in [1.29, 1.82) is 0 Å². The van der Waals surface area contributed by atoms with Crippen molar-refractivity contribution in [2.45, 2.75) is 26.7 Å². The molecule has 0 bridgehead atoms. The Morgan fingerprint density at radius 2 is 1.82 bits per heavy atom. The molecule has 1 saturated heterocycles. The van der Waals surface area contributed by atoms with E-state index in [1.165, 1.54) is 4.31 Å². The lowest BCUT2D eigenvalue weighted by Crippen LogP contribution is -2.50. The van der Waals surface area contributed by atoms with Gasteiger partial charge in [0.1, 0.15) is 0 Å². The average Bonchev–Trinajstić information content (AvgIpc) is 2.48. The summed E-state index contributed by atoms with van der Waals surface area (Å²) in [5.41, 5.74) is 5.13. The van der Waals surface area contributed by atoms with E-state index >= 15 is 0 Å². The van der Waals surface area contributed by atoms with E-state index in [2.05, 4.69) is 5.32 Å². The van der Waals surface area contributed by atoms with Crippen molar-refractivity contribution in [2.24, 2.45) is 11.1 Å². The SMILES string of the molecule is CCN(CC)S(=O)(=O)CCNC(=O)C1(CN)CCOCC1.Cl. The average molecular weight is 358 g/mol. The van der Waals surface area contributed by atoms with Crippen LogP contribution in [0.25, 0.3) is 0 Å². The number of halogens is 1. The van der Waals surface area contributed by atoms with Crippen LogP contribution in [0, 0.1) is 5.41 Å². The van der Waals surface area contributed by atoms with Crippen LogP contribution in [0.3, 0.4) is 0 Å². The van der Waals surface area contributed by atoms with Crippen LogP contribution >= 0.6 is 12.4 Å². The Balaban J connectivity index is 0.00000441. The first kappa shape index (κ1) is 21.6. The normalized spacial score (nSPS) is 17.8. The molecule has 22 heavy (non-hydrogen) atoms. The molecule has 0 aromatic heterocycles. The molecule has 7 nitrogen and oxygen atoms in total. The Kier molecular flexibility index (Phi) is 9.49. The number of ether oxygens (including phenoxy) is 1. The van der Waals surface area contributed by atoms with E-state index in [0.29, 0.717) is 39.1 Å². The fourth-order valence-electron chi connectivity index (χ4n) is 2.51. The van der Waals surface area contributed by atoms with Gasteiger partial charge < -0.3 is 15.8 Å². The third kappa shape index (κ3) is 5.34. The Labute approximate surface area is 139 Å². The summed E-state index contributed by atoms with van der Waals surface area (Å²) in [5.74, 6) is -0.250. The van der Waals surface area contributed by atoms with Gasteiger partial charge in [0.25, 0.3) is 0 Å². The minimum atomic E-state index is -3.31. The minimum absolute atomic E-state index is 0. The summed E-state index contributed by atoms with van der Waals surface area (Å²) in [6, 6.07) is 0. The molecule has 132 valence electrons. The van der Waals surface area contributed by atoms with Gasteiger partial charge in [-0.3, -0.25) is 4.79 Å². The molecule has 0 aromatic rings. The number of nitrogens with two attached hydrogens (primary N) is 1. The van der Waals surface area contributed by atoms with Gasteiger partial charge in [-0.05, 0) is 12.8 Å². The maximum atomic E-state index is 12.3. The lowest BCUT2D eigenvalue weighted by molar-refractivity contribution is -0.135. The molecule has 3 N–H and O–H groups in total. The van der Waals surface area contributed by atoms with Crippen molar-refractivity contribution in [3.8, 4) is 0 Å². The second kappa shape index (κ2) is 9.67. The number of carbonyl (C=O) groups is 1. The molecule has 0 radical (unpaired) electrons. The maximum absolute atomic E-state index is 12.3. The van der Waals surface area contributed by atoms with Gasteiger partial charge in [-0.15, -0.1) is 12.4 Å². The molecule has 1 amide bonds. The highest BCUT2D eigenvalue weighted by Gasteiger charge is 2.38. The Morgan fingerprint density at radius 1 is 1.27 bits per heavy atom. The number of hydrogen-bond acceptors (Lipinski definition) is 5. The van der Waals surface area contributed by atoms with Gasteiger partial charge in [-0.1, -0.05) is 13.8 Å². The number of hydrogen-bond donors (Lipinski definition) is 2. The van der Waals surface area contributed by atoms with Gasteiger partial charge in [-0.2, -0.15) is 0 Å². The van der Waals surface area contributed by atoms with E-state index in [0.717, 1.165) is 0 Å². The summed E-state index contributed by atoms with van der Waals surface area (Å²) in [7, 11) is -3.31. The highest BCUT2D eigenvalue weighted by molar-refractivity contribution is 7.89. The number of nitrogens with zero attached hydrogens (tertiary/aromatic N) is 1. The zero-order valence-electron chi connectivity index (χ0n) is 13.3. The zero-order chi connectivity index (χ0) is 15.9. The molecule has 0 aromatic carbocycles. The Morgan fingerprint density at radius 3 is 2.27 bits per heavy atom. The van der Waals surface area contributed by atoms with Crippen molar-refractivity contribution in [2.75, 3.05) is 45.1 Å². The molecular weight excluding hydrogens is 330 g/mol. The van der Waals surface area contributed by atoms with E-state index in [4.69, 9.17) is 10.5 Å². The number of sulfonamides is 1. The quantitative estimate of drug-likeness (QED) is 0.634. The molecule has 0 aliphatic carbocycles. The smallest absolute Gasteiger partial charge is 0.227 e. The summed E-state index contributed by atoms with van der Waals surface area (Å²) in [6.45, 7) is 5.87. The highest BCUT2D eigenvalue weighted by Crippen LogP contribution is 2.29. The molecule has 1 heterocycles. The number of carbonyl (C=O) groups excluding carboxylic acids is 1. The van der Waals surface area contributed by atoms with Gasteiger partial charge in [0.15, 0.2) is 0 Å². The largest absolute Gasteiger partial charge is 0.381 e. The standard InChI is InChI=1S/C13H27N3O4S.ClH/c1-3-16(4-2)21(18,19)10-7-15-12(17)13(11-14)5-8-20-9-6-13;/h3-11,14H2,1-2H3,(H,15,17);1H. The van der Waals surface area contributed by atoms with Crippen molar-refractivity contribution in [3.05, 3.63) is 0 Å². The van der Waals surface area contributed by atoms with E-state index in [1.54, 1.807) is 13.8 Å². The molecule has 0 spiro atoms. The summed E-state index contributed by atoms with van der Waals surface area (Å²) < 4.78 is 30.7. The van der Waals surface area contributed by atoms with Crippen LogP contribution in [0.1, 0.15) is 26.7 Å². The third-order valence-electron chi connectivity index (χ3n) is 4.07. The topological polar surface area (TPSA) is 102 Å². The van der Waals surface area contributed by atoms with Crippen molar-refractivity contribution >= 4 is 28.3 Å². The van der Waals surface area contributed by atoms with Crippen LogP contribution in [-0.4, -0.2) is 63.8 Å². The lowest BCUT2D eigenvalue weighted by Gasteiger charge is -2.34. The van der Waals surface area contributed by atoms with E-state index < -0.39 is 15.4 Å². The van der Waals surface area contributed by atoms with Gasteiger partial charge in [0, 0.05) is 39.4 Å². The zero-order valence-corrected chi connectivity index (χ0v) is 15.0. The second-order valence-electron chi connectivity index (χ2n) is 5.25. The fourth-order valence-corrected chi connectivity index (χ4v) is 3.92. The summed E-state index contributed by atoms with van der Waals surface area (Å²) >= 11 is 0. The summed E-state index contributed by atoms with van der Waals surface area (Å²) in [5, 5.41) is 2.72. The first-order chi connectivity index (χ1) is 9.91. The first-order valence-electron chi connectivity index (χ1n) is 7.46. The minimum Gasteiger partial charge on any atom is -0.381 e. The molecule has 1 rings (SSSR count). The van der Waals surface area contributed by atoms with Gasteiger partial charge in [-0.25, -0.2) is 12.7 Å². The van der Waals surface area contributed by atoms with Crippen LogP contribution in [0.2, 0.25) is 0 Å². The molecule has 0 atom stereocenters. The molecule has 0 unspecified atom stereocenters. The first-order valence-corrected chi connectivity index (χ1v) is 9.06. The summed E-state index contributed by atoms with van der Waals surface area (Å²) in [4.78, 5) is 12.3. The van der Waals surface area contributed by atoms with Crippen LogP contribution in [0.5, 0.6) is 0 Å². The van der Waals surface area contributed by atoms with E-state index in [1.807, 2.05) is 0 Å². The predicted molar refractivity (Wildman–Crippen MR) is 88.5 cm³/mol. The van der Waals surface area contributed by atoms with Crippen LogP contribution in [0.15, 0.2) is 0 Å². The summed E-state index contributed by atoms with van der Waals surface area (Å²) in [6.07, 6.45) is 1.16. The highest BCUT2D eigenvalue weighted by atomic mass is 35.5. The maximum Gasteiger partial charge on any atom is 0.227 e. The van der Waals surface area contributed by atoms with Crippen LogP contribution in [0.4, 0.5) is 0 Å². The fraction of sp³-hybridized carbons (Fsp3) is 0.923. The molecule has 9 heteroatoms. The van der Waals surface area contributed by atoms with Gasteiger partial charge in [0.05, 0.1) is 11.2 Å². The van der Waals surface area contributed by atoms with E-state index in [-0.39, 0.29) is 37.2 Å².